The van der Waals surface area contributed by atoms with Gasteiger partial charge < -0.3 is 9.30 Å². The highest BCUT2D eigenvalue weighted by molar-refractivity contribution is 5.07. The van der Waals surface area contributed by atoms with Crippen molar-refractivity contribution < 1.29 is 4.74 Å². The zero-order chi connectivity index (χ0) is 7.68. The molecule has 0 aliphatic carbocycles. The third kappa shape index (κ3) is 1.05. The molecule has 0 atom stereocenters. The van der Waals surface area contributed by atoms with Crippen LogP contribution in [0.4, 0.5) is 0 Å². The van der Waals surface area contributed by atoms with Crippen LogP contribution in [0.1, 0.15) is 17.9 Å². The van der Waals surface area contributed by atoms with Crippen LogP contribution in [0.15, 0.2) is 6.20 Å². The minimum absolute atomic E-state index is 0.687. The van der Waals surface area contributed by atoms with Crippen molar-refractivity contribution >= 4 is 0 Å². The van der Waals surface area contributed by atoms with E-state index in [0.717, 1.165) is 13.0 Å². The van der Waals surface area contributed by atoms with Crippen molar-refractivity contribution in [3.8, 4) is 0 Å². The van der Waals surface area contributed by atoms with E-state index in [1.165, 1.54) is 17.9 Å². The molecule has 0 N–H and O–H groups in total. The maximum Gasteiger partial charge on any atom is 0.108 e. The van der Waals surface area contributed by atoms with Gasteiger partial charge in [0.25, 0.3) is 0 Å². The van der Waals surface area contributed by atoms with Crippen LogP contribution in [0, 0.1) is 0 Å². The molecule has 0 bridgehead atoms. The first kappa shape index (κ1) is 6.85. The van der Waals surface area contributed by atoms with Crippen molar-refractivity contribution in [2.45, 2.75) is 26.0 Å². The van der Waals surface area contributed by atoms with Crippen LogP contribution in [0.5, 0.6) is 0 Å². The second-order valence-electron chi connectivity index (χ2n) is 2.85. The van der Waals surface area contributed by atoms with E-state index in [4.69, 9.17) is 4.74 Å². The van der Waals surface area contributed by atoms with Crippen molar-refractivity contribution in [2.75, 3.05) is 7.11 Å². The highest BCUT2D eigenvalue weighted by Gasteiger charge is 2.14. The maximum atomic E-state index is 5.05. The first-order valence-electron chi connectivity index (χ1n) is 3.94. The lowest BCUT2D eigenvalue weighted by atomic mass is 10.4. The SMILES string of the molecule is COCc1cnc2n1CCC2. The minimum atomic E-state index is 0.687. The Kier molecular flexibility index (Phi) is 1.66. The average Bonchev–Trinajstić information content (AvgIpc) is 2.53. The first-order chi connectivity index (χ1) is 5.42. The van der Waals surface area contributed by atoms with Crippen molar-refractivity contribution in [3.05, 3.63) is 17.7 Å². The largest absolute Gasteiger partial charge is 0.378 e. The van der Waals surface area contributed by atoms with Crippen LogP contribution >= 0.6 is 0 Å². The number of aryl methyl sites for hydroxylation is 1. The zero-order valence-electron chi connectivity index (χ0n) is 6.71. The van der Waals surface area contributed by atoms with Gasteiger partial charge in [0, 0.05) is 20.1 Å². The molecule has 3 heteroatoms. The number of rotatable bonds is 2. The highest BCUT2D eigenvalue weighted by atomic mass is 16.5. The predicted octanol–water partition coefficient (Wildman–Crippen LogP) is 0.976. The number of ether oxygens (including phenoxy) is 1. The van der Waals surface area contributed by atoms with Crippen molar-refractivity contribution in [2.24, 2.45) is 0 Å². The minimum Gasteiger partial charge on any atom is -0.378 e. The van der Waals surface area contributed by atoms with Gasteiger partial charge in [0.05, 0.1) is 18.5 Å². The summed E-state index contributed by atoms with van der Waals surface area (Å²) in [5.41, 5.74) is 1.21. The normalized spacial score (nSPS) is 15.4. The van der Waals surface area contributed by atoms with E-state index in [1.54, 1.807) is 7.11 Å². The lowest BCUT2D eigenvalue weighted by Crippen LogP contribution is -1.99. The van der Waals surface area contributed by atoms with Crippen LogP contribution in [-0.4, -0.2) is 16.7 Å². The molecular weight excluding hydrogens is 140 g/mol. The van der Waals surface area contributed by atoms with E-state index in [1.807, 2.05) is 6.20 Å². The van der Waals surface area contributed by atoms with Crippen molar-refractivity contribution in [1.29, 1.82) is 0 Å². The second-order valence-corrected chi connectivity index (χ2v) is 2.85. The monoisotopic (exact) mass is 152 g/mol. The topological polar surface area (TPSA) is 27.1 Å². The van der Waals surface area contributed by atoms with Gasteiger partial charge in [-0.2, -0.15) is 0 Å². The number of methoxy groups -OCH3 is 1. The molecule has 0 spiro atoms. The van der Waals surface area contributed by atoms with Crippen molar-refractivity contribution in [1.82, 2.24) is 9.55 Å². The Morgan fingerprint density at radius 1 is 1.73 bits per heavy atom. The Morgan fingerprint density at radius 2 is 2.64 bits per heavy atom. The van der Waals surface area contributed by atoms with Gasteiger partial charge >= 0.3 is 0 Å². The fourth-order valence-electron chi connectivity index (χ4n) is 1.58. The summed E-state index contributed by atoms with van der Waals surface area (Å²) in [6, 6.07) is 0. The quantitative estimate of drug-likeness (QED) is 0.631. The number of aromatic nitrogens is 2. The van der Waals surface area contributed by atoms with Crippen LogP contribution in [0.25, 0.3) is 0 Å². The molecule has 1 aromatic rings. The molecule has 0 aromatic carbocycles. The smallest absolute Gasteiger partial charge is 0.108 e. The number of imidazole rings is 1. The van der Waals surface area contributed by atoms with Gasteiger partial charge in [-0.1, -0.05) is 0 Å². The van der Waals surface area contributed by atoms with Gasteiger partial charge in [-0.15, -0.1) is 0 Å². The first-order valence-corrected chi connectivity index (χ1v) is 3.94. The number of fused-ring (bicyclic) bond motifs is 1. The van der Waals surface area contributed by atoms with Gasteiger partial charge in [0.2, 0.25) is 0 Å². The molecule has 1 aromatic heterocycles. The van der Waals surface area contributed by atoms with Gasteiger partial charge in [-0.25, -0.2) is 4.98 Å². The third-order valence-corrected chi connectivity index (χ3v) is 2.10. The van der Waals surface area contributed by atoms with Gasteiger partial charge in [-0.05, 0) is 6.42 Å². The van der Waals surface area contributed by atoms with Gasteiger partial charge in [-0.3, -0.25) is 0 Å². The maximum absolute atomic E-state index is 5.05. The molecule has 1 aliphatic heterocycles. The Balaban J connectivity index is 2.27. The summed E-state index contributed by atoms with van der Waals surface area (Å²) in [7, 11) is 1.72. The van der Waals surface area contributed by atoms with E-state index in [0.29, 0.717) is 6.61 Å². The Bertz CT molecular complexity index is 255. The summed E-state index contributed by atoms with van der Waals surface area (Å²) in [5, 5.41) is 0. The van der Waals surface area contributed by atoms with Crippen LogP contribution in [-0.2, 0) is 24.3 Å². The fraction of sp³-hybridized carbons (Fsp3) is 0.625. The van der Waals surface area contributed by atoms with Gasteiger partial charge in [0.15, 0.2) is 0 Å². The predicted molar refractivity (Wildman–Crippen MR) is 41.3 cm³/mol. The number of hydrogen-bond donors (Lipinski definition) is 0. The average molecular weight is 152 g/mol. The zero-order valence-corrected chi connectivity index (χ0v) is 6.71. The summed E-state index contributed by atoms with van der Waals surface area (Å²) in [6.45, 7) is 1.81. The molecule has 60 valence electrons. The summed E-state index contributed by atoms with van der Waals surface area (Å²) in [5.74, 6) is 1.22. The highest BCUT2D eigenvalue weighted by Crippen LogP contribution is 2.16. The molecule has 0 saturated heterocycles. The van der Waals surface area contributed by atoms with Crippen molar-refractivity contribution in [3.63, 3.8) is 0 Å². The molecule has 3 nitrogen and oxygen atoms in total. The molecule has 0 unspecified atom stereocenters. The fourth-order valence-corrected chi connectivity index (χ4v) is 1.58. The lowest BCUT2D eigenvalue weighted by Gasteiger charge is -2.01. The van der Waals surface area contributed by atoms with Crippen LogP contribution in [0.3, 0.4) is 0 Å². The summed E-state index contributed by atoms with van der Waals surface area (Å²) in [6.07, 6.45) is 4.28. The Hall–Kier alpha value is -0.830. The Labute approximate surface area is 66.0 Å². The van der Waals surface area contributed by atoms with Gasteiger partial charge in [0.1, 0.15) is 5.82 Å². The molecule has 0 fully saturated rings. The molecule has 0 radical (unpaired) electrons. The lowest BCUT2D eigenvalue weighted by molar-refractivity contribution is 0.178. The molecule has 1 aliphatic rings. The number of hydrogen-bond acceptors (Lipinski definition) is 2. The summed E-state index contributed by atoms with van der Waals surface area (Å²) < 4.78 is 7.30. The molecule has 11 heavy (non-hydrogen) atoms. The summed E-state index contributed by atoms with van der Waals surface area (Å²) >= 11 is 0. The second kappa shape index (κ2) is 2.66. The van der Waals surface area contributed by atoms with Crippen LogP contribution in [0.2, 0.25) is 0 Å². The third-order valence-electron chi connectivity index (χ3n) is 2.10. The summed E-state index contributed by atoms with van der Waals surface area (Å²) in [4.78, 5) is 4.30. The molecular formula is C8H12N2O. The van der Waals surface area contributed by atoms with E-state index in [-0.39, 0.29) is 0 Å². The van der Waals surface area contributed by atoms with E-state index < -0.39 is 0 Å². The molecule has 2 rings (SSSR count). The van der Waals surface area contributed by atoms with E-state index in [2.05, 4.69) is 9.55 Å². The van der Waals surface area contributed by atoms with E-state index in [9.17, 15) is 0 Å². The molecule has 2 heterocycles. The standard InChI is InChI=1S/C8H12N2O/c1-11-6-7-5-9-8-3-2-4-10(7)8/h5H,2-4,6H2,1H3. The number of nitrogens with zero attached hydrogens (tertiary/aromatic N) is 2. The van der Waals surface area contributed by atoms with E-state index >= 15 is 0 Å². The Morgan fingerprint density at radius 3 is 3.45 bits per heavy atom. The molecule has 0 amide bonds. The molecule has 0 saturated carbocycles. The van der Waals surface area contributed by atoms with Crippen LogP contribution < -0.4 is 0 Å².